The molecule has 16 heteroatoms. The summed E-state index contributed by atoms with van der Waals surface area (Å²) < 4.78 is 106. The minimum Gasteiger partial charge on any atom is -0.507 e. The van der Waals surface area contributed by atoms with Gasteiger partial charge in [-0.25, -0.2) is 0 Å². The number of carbonyl (C=O) groups excluding carboxylic acids is 3. The Morgan fingerprint density at radius 2 is 0.587 bits per heavy atom. The monoisotopic (exact) mass is 704 g/mol. The summed E-state index contributed by atoms with van der Waals surface area (Å²) in [5.74, 6) is -8.33. The van der Waals surface area contributed by atoms with Gasteiger partial charge in [-0.1, -0.05) is 91.0 Å². The van der Waals surface area contributed by atoms with Gasteiger partial charge in [0.15, 0.2) is 0 Å². The van der Waals surface area contributed by atoms with Crippen molar-refractivity contribution in [2.75, 3.05) is 0 Å². The van der Waals surface area contributed by atoms with Crippen LogP contribution in [0.3, 0.4) is 0 Å². The standard InChI is InChI=1S/3C10H7F3O2.Fe/c3*11-10(12,13)9(15)6-8(14)7-4-2-1-3-5-7;/h3*1-6,14H;. The van der Waals surface area contributed by atoms with Gasteiger partial charge in [-0.3, -0.25) is 14.4 Å². The molecule has 0 atom stereocenters. The van der Waals surface area contributed by atoms with Crippen molar-refractivity contribution in [2.45, 2.75) is 18.5 Å². The molecular formula is C30H21F9FeO6. The Kier molecular flexibility index (Phi) is 16.3. The molecule has 0 bridgehead atoms. The van der Waals surface area contributed by atoms with Crippen LogP contribution in [0.1, 0.15) is 16.7 Å². The normalized spacial score (nSPS) is 12.3. The third kappa shape index (κ3) is 15.3. The predicted molar refractivity (Wildman–Crippen MR) is 144 cm³/mol. The third-order valence-electron chi connectivity index (χ3n) is 4.85. The largest absolute Gasteiger partial charge is 0.507 e. The second kappa shape index (κ2) is 18.2. The zero-order valence-corrected chi connectivity index (χ0v) is 23.8. The predicted octanol–water partition coefficient (Wildman–Crippen LogP) is 8.15. The first-order valence-corrected chi connectivity index (χ1v) is 11.9. The minimum atomic E-state index is -4.96. The van der Waals surface area contributed by atoms with Gasteiger partial charge in [-0.05, 0) is 0 Å². The van der Waals surface area contributed by atoms with Gasteiger partial charge in [0, 0.05) is 52.0 Å². The van der Waals surface area contributed by atoms with Crippen molar-refractivity contribution in [1.82, 2.24) is 0 Å². The van der Waals surface area contributed by atoms with Crippen LogP contribution in [0, 0.1) is 0 Å². The molecule has 46 heavy (non-hydrogen) atoms. The van der Waals surface area contributed by atoms with Crippen LogP contribution in [0.2, 0.25) is 0 Å². The fourth-order valence-corrected chi connectivity index (χ4v) is 2.69. The molecule has 0 saturated carbocycles. The van der Waals surface area contributed by atoms with E-state index in [4.69, 9.17) is 0 Å². The topological polar surface area (TPSA) is 112 Å². The number of rotatable bonds is 6. The van der Waals surface area contributed by atoms with Crippen molar-refractivity contribution in [3.05, 3.63) is 126 Å². The van der Waals surface area contributed by atoms with E-state index in [0.717, 1.165) is 0 Å². The summed E-state index contributed by atoms with van der Waals surface area (Å²) in [7, 11) is 0. The number of ketones is 3. The van der Waals surface area contributed by atoms with E-state index >= 15 is 0 Å². The van der Waals surface area contributed by atoms with E-state index in [-0.39, 0.29) is 52.0 Å². The van der Waals surface area contributed by atoms with Crippen molar-refractivity contribution >= 4 is 34.6 Å². The summed E-state index contributed by atoms with van der Waals surface area (Å²) >= 11 is 0. The van der Waals surface area contributed by atoms with Gasteiger partial charge in [0.05, 0.1) is 0 Å². The second-order valence-electron chi connectivity index (χ2n) is 8.27. The molecule has 3 aromatic rings. The first kappa shape index (κ1) is 41.2. The summed E-state index contributed by atoms with van der Waals surface area (Å²) in [6.07, 6.45) is -14.4. The van der Waals surface area contributed by atoms with E-state index in [0.29, 0.717) is 0 Å². The molecule has 0 aromatic heterocycles. The molecule has 0 spiro atoms. The quantitative estimate of drug-likeness (QED) is 0.103. The van der Waals surface area contributed by atoms with Crippen molar-refractivity contribution in [1.29, 1.82) is 0 Å². The average molecular weight is 704 g/mol. The van der Waals surface area contributed by atoms with E-state index < -0.39 is 53.2 Å². The summed E-state index contributed by atoms with van der Waals surface area (Å²) in [5, 5.41) is 27.6. The summed E-state index contributed by atoms with van der Waals surface area (Å²) in [5.41, 5.74) is 0.486. The molecule has 0 heterocycles. The van der Waals surface area contributed by atoms with Gasteiger partial charge in [-0.2, -0.15) is 39.5 Å². The maximum atomic E-state index is 11.8. The number of alkyl halides is 9. The number of allylic oxidation sites excluding steroid dienone is 3. The molecule has 3 rings (SSSR count). The first-order chi connectivity index (χ1) is 20.7. The Morgan fingerprint density at radius 1 is 0.413 bits per heavy atom. The zero-order chi connectivity index (χ0) is 34.4. The number of benzene rings is 3. The Morgan fingerprint density at radius 3 is 0.739 bits per heavy atom. The summed E-state index contributed by atoms with van der Waals surface area (Å²) in [4.78, 5) is 31.5. The van der Waals surface area contributed by atoms with Gasteiger partial charge in [-0.15, -0.1) is 0 Å². The maximum Gasteiger partial charge on any atom is 0.454 e. The number of hydrogen-bond acceptors (Lipinski definition) is 6. The Bertz CT molecular complexity index is 1330. The number of hydrogen-bond donors (Lipinski definition) is 3. The van der Waals surface area contributed by atoms with Crippen LogP contribution in [0.25, 0.3) is 17.3 Å². The fraction of sp³-hybridized carbons (Fsp3) is 0.100. The SMILES string of the molecule is O=C(C=C(O)c1ccccc1)C(F)(F)F.O=C(C=C(O)c1ccccc1)C(F)(F)F.O=C(C=C(O)c1ccccc1)C(F)(F)F.[Fe]. The Hall–Kier alpha value is -4.82. The number of aliphatic hydroxyl groups excluding tert-OH is 3. The van der Waals surface area contributed by atoms with Crippen molar-refractivity contribution in [3.8, 4) is 0 Å². The number of carbonyl (C=O) groups is 3. The van der Waals surface area contributed by atoms with Crippen LogP contribution < -0.4 is 0 Å². The van der Waals surface area contributed by atoms with Crippen LogP contribution in [-0.2, 0) is 31.5 Å². The molecule has 0 radical (unpaired) electrons. The number of aliphatic hydroxyl groups is 3. The molecule has 0 unspecified atom stereocenters. The molecular weight excluding hydrogens is 683 g/mol. The molecule has 0 amide bonds. The third-order valence-corrected chi connectivity index (χ3v) is 4.85. The Labute approximate surface area is 265 Å². The van der Waals surface area contributed by atoms with Gasteiger partial charge in [0.2, 0.25) is 0 Å². The van der Waals surface area contributed by atoms with Crippen molar-refractivity contribution in [3.63, 3.8) is 0 Å². The summed E-state index contributed by atoms with van der Waals surface area (Å²) in [6.45, 7) is 0. The zero-order valence-electron chi connectivity index (χ0n) is 22.7. The molecule has 6 nitrogen and oxygen atoms in total. The molecule has 248 valence electrons. The van der Waals surface area contributed by atoms with Gasteiger partial charge in [0.1, 0.15) is 17.3 Å². The average Bonchev–Trinajstić information content (AvgIpc) is 2.97. The minimum absolute atomic E-state index is 0. The van der Waals surface area contributed by atoms with Gasteiger partial charge in [0.25, 0.3) is 17.3 Å². The molecule has 0 saturated heterocycles. The second-order valence-corrected chi connectivity index (χ2v) is 8.27. The maximum absolute atomic E-state index is 11.8. The van der Waals surface area contributed by atoms with E-state index in [1.807, 2.05) is 0 Å². The molecule has 0 aliphatic carbocycles. The first-order valence-electron chi connectivity index (χ1n) is 11.9. The molecule has 0 fully saturated rings. The number of halogens is 9. The molecule has 3 N–H and O–H groups in total. The van der Waals surface area contributed by atoms with Crippen LogP contribution in [0.15, 0.2) is 109 Å². The smallest absolute Gasteiger partial charge is 0.454 e. The Balaban J connectivity index is 0.000000653. The van der Waals surface area contributed by atoms with Crippen LogP contribution >= 0.6 is 0 Å². The van der Waals surface area contributed by atoms with Crippen LogP contribution in [0.5, 0.6) is 0 Å². The van der Waals surface area contributed by atoms with Gasteiger partial charge >= 0.3 is 18.5 Å². The van der Waals surface area contributed by atoms with Crippen LogP contribution in [-0.4, -0.2) is 51.2 Å². The van der Waals surface area contributed by atoms with Gasteiger partial charge < -0.3 is 15.3 Å². The van der Waals surface area contributed by atoms with Crippen LogP contribution in [0.4, 0.5) is 39.5 Å². The fourth-order valence-electron chi connectivity index (χ4n) is 2.69. The molecule has 0 aliphatic heterocycles. The van der Waals surface area contributed by atoms with E-state index in [9.17, 15) is 69.2 Å². The summed E-state index contributed by atoms with van der Waals surface area (Å²) in [6, 6.07) is 22.5. The van der Waals surface area contributed by atoms with E-state index in [1.54, 1.807) is 18.2 Å². The van der Waals surface area contributed by atoms with E-state index in [2.05, 4.69) is 0 Å². The van der Waals surface area contributed by atoms with E-state index in [1.165, 1.54) is 72.8 Å². The van der Waals surface area contributed by atoms with Crippen molar-refractivity contribution in [2.24, 2.45) is 0 Å². The van der Waals surface area contributed by atoms with Crippen molar-refractivity contribution < 1.29 is 86.3 Å². The molecule has 0 aliphatic rings. The molecule has 3 aromatic carbocycles.